The van der Waals surface area contributed by atoms with E-state index in [2.05, 4.69) is 37.3 Å². The number of carboxylic acids is 1. The van der Waals surface area contributed by atoms with Crippen LogP contribution >= 0.6 is 11.3 Å². The van der Waals surface area contributed by atoms with Crippen molar-refractivity contribution in [1.82, 2.24) is 19.8 Å². The Balaban J connectivity index is 0.000000298. The number of carboxylic acid groups (broad SMARTS) is 1. The van der Waals surface area contributed by atoms with Crippen LogP contribution in [0.15, 0.2) is 36.2 Å². The quantitative estimate of drug-likeness (QED) is 0.799. The summed E-state index contributed by atoms with van der Waals surface area (Å²) >= 11 is 1.85. The van der Waals surface area contributed by atoms with Gasteiger partial charge < -0.3 is 9.84 Å². The van der Waals surface area contributed by atoms with Crippen molar-refractivity contribution >= 4 is 17.3 Å². The molecule has 2 atom stereocenters. The number of nitrogens with zero attached hydrogens (tertiary/aromatic N) is 4. The van der Waals surface area contributed by atoms with Gasteiger partial charge >= 0.3 is 12.1 Å². The number of halogens is 3. The van der Waals surface area contributed by atoms with E-state index < -0.39 is 12.1 Å². The van der Waals surface area contributed by atoms with Crippen LogP contribution in [0.1, 0.15) is 11.3 Å². The van der Waals surface area contributed by atoms with Gasteiger partial charge in [0.2, 0.25) is 0 Å². The van der Waals surface area contributed by atoms with Crippen LogP contribution in [0.5, 0.6) is 5.75 Å². The maximum atomic E-state index is 10.6. The fraction of sp³-hybridized carbons (Fsp3) is 0.500. The highest BCUT2D eigenvalue weighted by molar-refractivity contribution is 7.09. The molecule has 0 saturated carbocycles. The molecule has 0 aliphatic carbocycles. The largest absolute Gasteiger partial charge is 0.490 e. The summed E-state index contributed by atoms with van der Waals surface area (Å²) in [7, 11) is 0. The highest BCUT2D eigenvalue weighted by atomic mass is 32.1. The Morgan fingerprint density at radius 3 is 2.62 bits per heavy atom. The van der Waals surface area contributed by atoms with Gasteiger partial charge in [-0.25, -0.2) is 14.8 Å². The van der Waals surface area contributed by atoms with Crippen LogP contribution in [0.3, 0.4) is 0 Å². The molecule has 2 aliphatic rings. The number of ether oxygens (including phenoxy) is 1. The zero-order valence-corrected chi connectivity index (χ0v) is 16.3. The van der Waals surface area contributed by atoms with Crippen LogP contribution in [-0.4, -0.2) is 75.3 Å². The van der Waals surface area contributed by atoms with Crippen molar-refractivity contribution in [2.24, 2.45) is 0 Å². The number of hydrogen-bond acceptors (Lipinski definition) is 7. The van der Waals surface area contributed by atoms with Gasteiger partial charge in [0, 0.05) is 50.1 Å². The lowest BCUT2D eigenvalue weighted by Crippen LogP contribution is -2.49. The molecule has 158 valence electrons. The van der Waals surface area contributed by atoms with Crippen LogP contribution in [-0.2, 0) is 11.3 Å². The predicted molar refractivity (Wildman–Crippen MR) is 99.7 cm³/mol. The van der Waals surface area contributed by atoms with Gasteiger partial charge in [-0.1, -0.05) is 6.07 Å². The molecule has 0 bridgehead atoms. The number of rotatable bonds is 4. The summed E-state index contributed by atoms with van der Waals surface area (Å²) in [6.45, 7) is 5.53. The van der Waals surface area contributed by atoms with Crippen LogP contribution < -0.4 is 4.74 Å². The van der Waals surface area contributed by atoms with E-state index in [1.165, 1.54) is 11.2 Å². The number of piperazine rings is 1. The molecule has 0 spiro atoms. The average Bonchev–Trinajstić information content (AvgIpc) is 3.31. The summed E-state index contributed by atoms with van der Waals surface area (Å²) in [5.41, 5.74) is 0. The van der Waals surface area contributed by atoms with Gasteiger partial charge in [0.15, 0.2) is 5.75 Å². The van der Waals surface area contributed by atoms with Crippen molar-refractivity contribution in [2.45, 2.75) is 31.3 Å². The first-order valence-corrected chi connectivity index (χ1v) is 9.90. The van der Waals surface area contributed by atoms with E-state index in [-0.39, 0.29) is 6.10 Å². The molecule has 2 saturated heterocycles. The molecule has 1 N–H and O–H groups in total. The van der Waals surface area contributed by atoms with Gasteiger partial charge in [-0.2, -0.15) is 13.2 Å². The Labute approximate surface area is 169 Å². The SMILES string of the molecule is O=C(O)C(F)(F)F.c1csc(CN2CCN3C[C@@H](Oc4cncnc4)C[C@@H]3C2)c1. The van der Waals surface area contributed by atoms with E-state index in [0.29, 0.717) is 6.04 Å². The second-order valence-corrected chi connectivity index (χ2v) is 7.85. The third-order valence-electron chi connectivity index (χ3n) is 4.70. The Morgan fingerprint density at radius 1 is 1.28 bits per heavy atom. The molecule has 4 heterocycles. The zero-order valence-electron chi connectivity index (χ0n) is 15.5. The fourth-order valence-electron chi connectivity index (χ4n) is 3.45. The third kappa shape index (κ3) is 6.38. The molecule has 0 amide bonds. The molecule has 2 aromatic rings. The number of fused-ring (bicyclic) bond motifs is 1. The van der Waals surface area contributed by atoms with Crippen molar-refractivity contribution in [2.75, 3.05) is 26.2 Å². The van der Waals surface area contributed by atoms with E-state index >= 15 is 0 Å². The topological polar surface area (TPSA) is 78.8 Å². The van der Waals surface area contributed by atoms with E-state index in [1.807, 2.05) is 11.3 Å². The number of aromatic nitrogens is 2. The molecule has 0 radical (unpaired) electrons. The second-order valence-electron chi connectivity index (χ2n) is 6.82. The first-order chi connectivity index (χ1) is 13.8. The Kier molecular flexibility index (Phi) is 7.04. The number of alkyl halides is 3. The van der Waals surface area contributed by atoms with Crippen LogP contribution in [0.4, 0.5) is 13.2 Å². The summed E-state index contributed by atoms with van der Waals surface area (Å²) in [4.78, 5) is 23.5. The van der Waals surface area contributed by atoms with Crippen molar-refractivity contribution < 1.29 is 27.8 Å². The summed E-state index contributed by atoms with van der Waals surface area (Å²) in [6, 6.07) is 4.98. The van der Waals surface area contributed by atoms with E-state index in [1.54, 1.807) is 12.4 Å². The highest BCUT2D eigenvalue weighted by Gasteiger charge is 2.38. The molecule has 11 heteroatoms. The molecule has 2 aromatic heterocycles. The minimum Gasteiger partial charge on any atom is -0.486 e. The Bertz CT molecular complexity index is 776. The van der Waals surface area contributed by atoms with Crippen LogP contribution in [0.25, 0.3) is 0 Å². The van der Waals surface area contributed by atoms with Gasteiger partial charge in [-0.15, -0.1) is 11.3 Å². The van der Waals surface area contributed by atoms with Crippen molar-refractivity contribution in [3.63, 3.8) is 0 Å². The van der Waals surface area contributed by atoms with Crippen molar-refractivity contribution in [3.8, 4) is 5.75 Å². The predicted octanol–water partition coefficient (Wildman–Crippen LogP) is 2.51. The molecule has 7 nitrogen and oxygen atoms in total. The number of carbonyl (C=O) groups is 1. The standard InChI is InChI=1S/C16H20N4OS.C2HF3O2/c1-2-16(22-5-1)11-19-3-4-20-10-14(6-13(20)9-19)21-15-7-17-12-18-8-15;3-2(4,5)1(6)7/h1-2,5,7-8,12-14H,3-4,6,9-11H2;(H,6,7)/t13-,14+;/m1./s1. The number of aliphatic carboxylic acids is 1. The molecule has 0 unspecified atom stereocenters. The first kappa shape index (κ1) is 21.5. The molecule has 4 rings (SSSR count). The maximum Gasteiger partial charge on any atom is 0.490 e. The van der Waals surface area contributed by atoms with Crippen molar-refractivity contribution in [3.05, 3.63) is 41.1 Å². The molecule has 29 heavy (non-hydrogen) atoms. The van der Waals surface area contributed by atoms with Crippen LogP contribution in [0, 0.1) is 0 Å². The lowest BCUT2D eigenvalue weighted by atomic mass is 10.1. The number of thiophene rings is 1. The maximum absolute atomic E-state index is 10.6. The smallest absolute Gasteiger partial charge is 0.486 e. The summed E-state index contributed by atoms with van der Waals surface area (Å²) in [6.07, 6.45) is 1.29. The molecule has 2 aliphatic heterocycles. The first-order valence-electron chi connectivity index (χ1n) is 9.02. The number of hydrogen-bond donors (Lipinski definition) is 1. The van der Waals surface area contributed by atoms with Gasteiger partial charge in [0.1, 0.15) is 12.4 Å². The lowest BCUT2D eigenvalue weighted by molar-refractivity contribution is -0.192. The molecular formula is C18H21F3N4O3S. The van der Waals surface area contributed by atoms with Crippen molar-refractivity contribution in [1.29, 1.82) is 0 Å². The summed E-state index contributed by atoms with van der Waals surface area (Å²) in [5.74, 6) is -1.98. The third-order valence-corrected chi connectivity index (χ3v) is 5.56. The monoisotopic (exact) mass is 430 g/mol. The molecule has 2 fully saturated rings. The zero-order chi connectivity index (χ0) is 20.9. The lowest BCUT2D eigenvalue weighted by Gasteiger charge is -2.36. The molecule has 0 aromatic carbocycles. The Morgan fingerprint density at radius 2 is 2.00 bits per heavy atom. The Hall–Kier alpha value is -2.24. The fourth-order valence-corrected chi connectivity index (χ4v) is 4.20. The molecular weight excluding hydrogens is 409 g/mol. The van der Waals surface area contributed by atoms with Gasteiger partial charge in [-0.3, -0.25) is 9.80 Å². The highest BCUT2D eigenvalue weighted by Crippen LogP contribution is 2.26. The van der Waals surface area contributed by atoms with Gasteiger partial charge in [-0.05, 0) is 11.4 Å². The van der Waals surface area contributed by atoms with E-state index in [0.717, 1.165) is 44.9 Å². The van der Waals surface area contributed by atoms with Gasteiger partial charge in [0.05, 0.1) is 12.4 Å². The van der Waals surface area contributed by atoms with E-state index in [4.69, 9.17) is 14.6 Å². The van der Waals surface area contributed by atoms with Gasteiger partial charge in [0.25, 0.3) is 0 Å². The summed E-state index contributed by atoms with van der Waals surface area (Å²) in [5, 5.41) is 9.28. The second kappa shape index (κ2) is 9.51. The van der Waals surface area contributed by atoms with E-state index in [9.17, 15) is 13.2 Å². The minimum atomic E-state index is -5.08. The summed E-state index contributed by atoms with van der Waals surface area (Å²) < 4.78 is 37.8. The average molecular weight is 430 g/mol. The minimum absolute atomic E-state index is 0.262. The normalized spacial score (nSPS) is 22.4. The van der Waals surface area contributed by atoms with Crippen LogP contribution in [0.2, 0.25) is 0 Å².